The lowest BCUT2D eigenvalue weighted by Gasteiger charge is -2.35. The Balaban J connectivity index is 1.20. The Morgan fingerprint density at radius 1 is 1.00 bits per heavy atom. The van der Waals surface area contributed by atoms with Gasteiger partial charge in [0.2, 0.25) is 0 Å². The highest BCUT2D eigenvalue weighted by molar-refractivity contribution is 7.14. The number of hydrogen-bond acceptors (Lipinski definition) is 9. The Bertz CT molecular complexity index is 1910. The van der Waals surface area contributed by atoms with E-state index in [2.05, 4.69) is 27.0 Å². The number of hydrogen-bond donors (Lipinski definition) is 1. The highest BCUT2D eigenvalue weighted by Crippen LogP contribution is 2.40. The number of aromatic nitrogens is 2. The van der Waals surface area contributed by atoms with E-state index in [0.717, 1.165) is 84.9 Å². The van der Waals surface area contributed by atoms with Crippen LogP contribution in [0.1, 0.15) is 57.9 Å². The summed E-state index contributed by atoms with van der Waals surface area (Å²) < 4.78 is 7.11. The van der Waals surface area contributed by atoms with Crippen molar-refractivity contribution in [1.29, 1.82) is 0 Å². The van der Waals surface area contributed by atoms with E-state index in [4.69, 9.17) is 4.74 Å². The number of ether oxygens (including phenoxy) is 1. The first-order valence-corrected chi connectivity index (χ1v) is 17.7. The number of rotatable bonds is 8. The first-order chi connectivity index (χ1) is 23.3. The molecule has 1 aromatic carbocycles. The summed E-state index contributed by atoms with van der Waals surface area (Å²) in [5, 5.41) is 3.24. The number of amides is 1. The normalized spacial score (nSPS) is 16.4. The molecule has 1 aliphatic carbocycles. The van der Waals surface area contributed by atoms with Gasteiger partial charge >= 0.3 is 5.97 Å². The molecule has 3 aliphatic rings. The van der Waals surface area contributed by atoms with Gasteiger partial charge in [-0.15, -0.1) is 11.3 Å². The zero-order valence-corrected chi connectivity index (χ0v) is 28.7. The number of likely N-dealkylation sites (N-methyl/N-ethyl adjacent to an activating group) is 1. The minimum atomic E-state index is -0.404. The lowest BCUT2D eigenvalue weighted by atomic mass is 9.91. The van der Waals surface area contributed by atoms with Crippen LogP contribution >= 0.6 is 11.3 Å². The molecule has 0 radical (unpaired) electrons. The first kappa shape index (κ1) is 32.1. The van der Waals surface area contributed by atoms with Crippen LogP contribution in [0.25, 0.3) is 11.1 Å². The van der Waals surface area contributed by atoms with Crippen LogP contribution in [0, 0.1) is 0 Å². The molecule has 1 fully saturated rings. The van der Waals surface area contributed by atoms with E-state index in [-0.39, 0.29) is 18.1 Å². The molecule has 2 aliphatic heterocycles. The summed E-state index contributed by atoms with van der Waals surface area (Å²) in [4.78, 5) is 52.8. The third-order valence-corrected chi connectivity index (χ3v) is 11.2. The lowest BCUT2D eigenvalue weighted by Crippen LogP contribution is -2.46. The number of aryl methyl sites for hydroxylation is 2. The summed E-state index contributed by atoms with van der Waals surface area (Å²) in [6.07, 6.45) is 8.89. The van der Waals surface area contributed by atoms with Crippen molar-refractivity contribution >= 4 is 46.1 Å². The van der Waals surface area contributed by atoms with Crippen molar-refractivity contribution in [2.75, 3.05) is 54.4 Å². The molecule has 5 heterocycles. The van der Waals surface area contributed by atoms with Crippen molar-refractivity contribution in [3.05, 3.63) is 85.6 Å². The minimum absolute atomic E-state index is 0.000442. The standard InChI is InChI=1S/C37H42N6O4S/c1-4-41-16-18-42(19-17-41)26-12-13-34(38-21-26)39-31-20-25(22-40(3)36(31)45)27-9-7-10-32(30(27)23-47-24(2)44)43-15-14-29-28-8-5-6-11-33(28)48-35(29)37(43)46/h7,9-10,12-13,20-22H,4-6,8,11,14-19,23H2,1-3H3,(H,38,39). The fourth-order valence-corrected chi connectivity index (χ4v) is 8.61. The molecule has 0 atom stereocenters. The molecule has 7 rings (SSSR count). The van der Waals surface area contributed by atoms with Gasteiger partial charge in [-0.2, -0.15) is 0 Å². The number of esters is 1. The summed E-state index contributed by atoms with van der Waals surface area (Å²) in [6.45, 7) is 9.17. The van der Waals surface area contributed by atoms with Crippen LogP contribution in [0.2, 0.25) is 0 Å². The van der Waals surface area contributed by atoms with Crippen molar-refractivity contribution < 1.29 is 14.3 Å². The summed E-state index contributed by atoms with van der Waals surface area (Å²) in [5.74, 6) is 0.169. The molecular formula is C37H42N6O4S. The van der Waals surface area contributed by atoms with Crippen molar-refractivity contribution in [2.24, 2.45) is 7.05 Å². The Kier molecular flexibility index (Phi) is 9.07. The predicted octanol–water partition coefficient (Wildman–Crippen LogP) is 5.54. The van der Waals surface area contributed by atoms with Crippen LogP contribution in [-0.2, 0) is 42.4 Å². The quantitative estimate of drug-likeness (QED) is 0.245. The number of pyridine rings is 2. The van der Waals surface area contributed by atoms with Crippen molar-refractivity contribution in [3.8, 4) is 11.1 Å². The van der Waals surface area contributed by atoms with E-state index in [0.29, 0.717) is 18.1 Å². The van der Waals surface area contributed by atoms with Crippen LogP contribution in [0.15, 0.2) is 53.6 Å². The number of carbonyl (C=O) groups excluding carboxylic acids is 2. The molecule has 10 nitrogen and oxygen atoms in total. The highest BCUT2D eigenvalue weighted by atomic mass is 32.1. The molecule has 11 heteroatoms. The zero-order valence-electron chi connectivity index (χ0n) is 27.9. The van der Waals surface area contributed by atoms with Gasteiger partial charge in [-0.3, -0.25) is 14.4 Å². The van der Waals surface area contributed by atoms with Gasteiger partial charge in [-0.1, -0.05) is 19.1 Å². The predicted molar refractivity (Wildman–Crippen MR) is 191 cm³/mol. The smallest absolute Gasteiger partial charge is 0.302 e. The zero-order chi connectivity index (χ0) is 33.4. The van der Waals surface area contributed by atoms with E-state index in [1.165, 1.54) is 40.3 Å². The van der Waals surface area contributed by atoms with Crippen LogP contribution in [0.3, 0.4) is 0 Å². The molecule has 0 saturated carbocycles. The second-order valence-electron chi connectivity index (χ2n) is 12.8. The fraction of sp³-hybridized carbons (Fsp3) is 0.405. The molecule has 1 saturated heterocycles. The summed E-state index contributed by atoms with van der Waals surface area (Å²) in [7, 11) is 1.72. The number of piperazine rings is 1. The number of benzene rings is 1. The highest BCUT2D eigenvalue weighted by Gasteiger charge is 2.33. The van der Waals surface area contributed by atoms with Crippen LogP contribution in [0.5, 0.6) is 0 Å². The van der Waals surface area contributed by atoms with Crippen LogP contribution < -0.4 is 20.7 Å². The van der Waals surface area contributed by atoms with Crippen LogP contribution in [-0.4, -0.2) is 65.6 Å². The largest absolute Gasteiger partial charge is 0.461 e. The molecule has 250 valence electrons. The number of nitrogens with one attached hydrogen (secondary N) is 1. The van der Waals surface area contributed by atoms with Crippen LogP contribution in [0.4, 0.5) is 22.9 Å². The summed E-state index contributed by atoms with van der Waals surface area (Å²) >= 11 is 1.65. The molecule has 1 amide bonds. The molecule has 0 bridgehead atoms. The van der Waals surface area contributed by atoms with E-state index < -0.39 is 5.97 Å². The van der Waals surface area contributed by atoms with E-state index in [9.17, 15) is 14.4 Å². The van der Waals surface area contributed by atoms with Gasteiger partial charge in [0.1, 0.15) is 18.1 Å². The van der Waals surface area contributed by atoms with Crippen molar-refractivity contribution in [2.45, 2.75) is 52.6 Å². The monoisotopic (exact) mass is 666 g/mol. The molecule has 4 aromatic rings. The number of thiophene rings is 1. The average Bonchev–Trinajstić information content (AvgIpc) is 3.49. The second-order valence-corrected chi connectivity index (χ2v) is 13.9. The maximum Gasteiger partial charge on any atom is 0.302 e. The Morgan fingerprint density at radius 2 is 1.81 bits per heavy atom. The molecule has 48 heavy (non-hydrogen) atoms. The van der Waals surface area contributed by atoms with Gasteiger partial charge in [-0.25, -0.2) is 4.98 Å². The van der Waals surface area contributed by atoms with Gasteiger partial charge < -0.3 is 29.3 Å². The number of anilines is 4. The SMILES string of the molecule is CCN1CCN(c2ccc(Nc3cc(-c4cccc(N5CCc6c(sc7c6CCCC7)C5=O)c4COC(C)=O)cn(C)c3=O)nc2)CC1. The summed E-state index contributed by atoms with van der Waals surface area (Å²) in [5.41, 5.74) is 6.84. The molecular weight excluding hydrogens is 625 g/mol. The molecule has 0 spiro atoms. The minimum Gasteiger partial charge on any atom is -0.461 e. The Labute approximate surface area is 285 Å². The number of carbonyl (C=O) groups is 2. The van der Waals surface area contributed by atoms with Gasteiger partial charge in [0, 0.05) is 68.9 Å². The van der Waals surface area contributed by atoms with Gasteiger partial charge in [0.15, 0.2) is 0 Å². The van der Waals surface area contributed by atoms with E-state index >= 15 is 0 Å². The lowest BCUT2D eigenvalue weighted by molar-refractivity contribution is -0.142. The third kappa shape index (κ3) is 6.24. The van der Waals surface area contributed by atoms with Crippen molar-refractivity contribution in [3.63, 3.8) is 0 Å². The van der Waals surface area contributed by atoms with Gasteiger partial charge in [-0.05, 0) is 79.6 Å². The first-order valence-electron chi connectivity index (χ1n) is 16.9. The van der Waals surface area contributed by atoms with E-state index in [1.807, 2.05) is 47.5 Å². The second kappa shape index (κ2) is 13.6. The number of fused-ring (bicyclic) bond motifs is 3. The van der Waals surface area contributed by atoms with E-state index in [1.54, 1.807) is 24.6 Å². The van der Waals surface area contributed by atoms with Gasteiger partial charge in [0.25, 0.3) is 11.5 Å². The maximum absolute atomic E-state index is 14.0. The molecule has 1 N–H and O–H groups in total. The van der Waals surface area contributed by atoms with Gasteiger partial charge in [0.05, 0.1) is 22.4 Å². The van der Waals surface area contributed by atoms with Crippen molar-refractivity contribution in [1.82, 2.24) is 14.5 Å². The number of nitrogens with zero attached hydrogens (tertiary/aromatic N) is 5. The Morgan fingerprint density at radius 3 is 2.56 bits per heavy atom. The topological polar surface area (TPSA) is 100 Å². The molecule has 3 aromatic heterocycles. The molecule has 0 unspecified atom stereocenters. The third-order valence-electron chi connectivity index (χ3n) is 9.86. The average molecular weight is 667 g/mol. The fourth-order valence-electron chi connectivity index (χ4n) is 7.23. The summed E-state index contributed by atoms with van der Waals surface area (Å²) in [6, 6.07) is 11.5. The Hall–Kier alpha value is -4.48. The maximum atomic E-state index is 14.0.